The lowest BCUT2D eigenvalue weighted by Crippen LogP contribution is -2.34. The maximum atomic E-state index is 9.45. The van der Waals surface area contributed by atoms with Gasteiger partial charge in [0.25, 0.3) is 0 Å². The van der Waals surface area contributed by atoms with Crippen LogP contribution < -0.4 is 0 Å². The maximum Gasteiger partial charge on any atom is 0.570 e. The van der Waals surface area contributed by atoms with Crippen LogP contribution >= 0.6 is 19.9 Å². The Hall–Kier alpha value is 0.500. The van der Waals surface area contributed by atoms with Crippen molar-refractivity contribution in [3.8, 4) is 0 Å². The highest BCUT2D eigenvalue weighted by Crippen LogP contribution is 2.49. The van der Waals surface area contributed by atoms with E-state index in [1.165, 1.54) is 11.8 Å². The van der Waals surface area contributed by atoms with Crippen LogP contribution in [0.2, 0.25) is 0 Å². The van der Waals surface area contributed by atoms with Gasteiger partial charge in [0.15, 0.2) is 0 Å². The van der Waals surface area contributed by atoms with Gasteiger partial charge in [-0.3, -0.25) is 0 Å². The summed E-state index contributed by atoms with van der Waals surface area (Å²) in [5.41, 5.74) is 0. The third kappa shape index (κ3) is 3.77. The third-order valence-corrected chi connectivity index (χ3v) is 3.05. The highest BCUT2D eigenvalue weighted by molar-refractivity contribution is 7.98. The Morgan fingerprint density at radius 2 is 1.87 bits per heavy atom. The molecule has 1 fully saturated rings. The van der Waals surface area contributed by atoms with Gasteiger partial charge in [-0.05, 0) is 6.26 Å². The van der Waals surface area contributed by atoms with Crippen molar-refractivity contribution < 1.29 is 34.2 Å². The van der Waals surface area contributed by atoms with Gasteiger partial charge in [0, 0.05) is 5.75 Å². The van der Waals surface area contributed by atoms with Gasteiger partial charge in [0.1, 0.15) is 12.2 Å². The first kappa shape index (κ1) is 13.6. The summed E-state index contributed by atoms with van der Waals surface area (Å²) in [6, 6.07) is 0. The van der Waals surface area contributed by atoms with Crippen molar-refractivity contribution in [3.05, 3.63) is 0 Å². The second-order valence-electron chi connectivity index (χ2n) is 3.10. The van der Waals surface area contributed by atoms with Crippen LogP contribution in [0.4, 0.5) is 0 Å². The molecule has 0 aliphatic carbocycles. The minimum Gasteiger partial charge on any atom is -0.387 e. The van der Waals surface area contributed by atoms with Crippen molar-refractivity contribution in [1.82, 2.24) is 0 Å². The van der Waals surface area contributed by atoms with E-state index in [1.54, 1.807) is 6.26 Å². The first-order chi connectivity index (χ1) is 6.85. The molecule has 7 nitrogen and oxygen atoms in total. The third-order valence-electron chi connectivity index (χ3n) is 1.89. The average molecular weight is 261 g/mol. The standard InChI is InChI=1S/C6H14O7PS/c1-15-2-3-4(7)5(8)6(12-3)13-14(9,10)11/h3-11H,2H2,1H3/q+1. The minimum absolute atomic E-state index is 0.422. The Morgan fingerprint density at radius 1 is 1.27 bits per heavy atom. The van der Waals surface area contributed by atoms with Gasteiger partial charge >= 0.3 is 8.17 Å². The topological polar surface area (TPSA) is 120 Å². The summed E-state index contributed by atoms with van der Waals surface area (Å²) in [6.07, 6.45) is -2.88. The number of ether oxygens (including phenoxy) is 1. The van der Waals surface area contributed by atoms with Crippen molar-refractivity contribution in [3.63, 3.8) is 0 Å². The van der Waals surface area contributed by atoms with Gasteiger partial charge in [-0.25, -0.2) is 0 Å². The largest absolute Gasteiger partial charge is 0.570 e. The van der Waals surface area contributed by atoms with E-state index < -0.39 is 32.8 Å². The first-order valence-electron chi connectivity index (χ1n) is 4.11. The molecule has 0 saturated carbocycles. The van der Waals surface area contributed by atoms with Gasteiger partial charge in [-0.15, -0.1) is 4.52 Å². The number of hydrogen-bond acceptors (Lipinski definition) is 8. The Labute approximate surface area is 91.3 Å². The van der Waals surface area contributed by atoms with Gasteiger partial charge in [0.2, 0.25) is 6.29 Å². The normalized spacial score (nSPS) is 37.2. The highest BCUT2D eigenvalue weighted by atomic mass is 32.2. The first-order valence-corrected chi connectivity index (χ1v) is 7.07. The Morgan fingerprint density at radius 3 is 2.33 bits per heavy atom. The Balaban J connectivity index is 2.55. The number of aliphatic hydroxyl groups is 2. The molecule has 1 heterocycles. The fourth-order valence-electron chi connectivity index (χ4n) is 1.24. The van der Waals surface area contributed by atoms with Crippen LogP contribution in [-0.2, 0) is 9.26 Å². The summed E-state index contributed by atoms with van der Waals surface area (Å²) < 4.78 is 9.30. The van der Waals surface area contributed by atoms with Crippen molar-refractivity contribution in [1.29, 1.82) is 0 Å². The van der Waals surface area contributed by atoms with E-state index in [0.717, 1.165) is 0 Å². The average Bonchev–Trinajstić information content (AvgIpc) is 2.32. The summed E-state index contributed by atoms with van der Waals surface area (Å²) >= 11 is 1.39. The molecule has 90 valence electrons. The molecule has 4 atom stereocenters. The summed E-state index contributed by atoms with van der Waals surface area (Å²) in [4.78, 5) is 25.9. The molecule has 1 rings (SSSR count). The zero-order chi connectivity index (χ0) is 11.6. The molecular weight excluding hydrogens is 247 g/mol. The predicted octanol–water partition coefficient (Wildman–Crippen LogP) is -1.53. The molecule has 0 spiro atoms. The van der Waals surface area contributed by atoms with Crippen LogP contribution in [0, 0.1) is 0 Å². The van der Waals surface area contributed by atoms with Crippen LogP contribution in [0.3, 0.4) is 0 Å². The van der Waals surface area contributed by atoms with E-state index >= 15 is 0 Å². The van der Waals surface area contributed by atoms with E-state index in [0.29, 0.717) is 5.75 Å². The summed E-state index contributed by atoms with van der Waals surface area (Å²) in [6.45, 7) is 0. The molecule has 1 aliphatic heterocycles. The van der Waals surface area contributed by atoms with E-state index in [4.69, 9.17) is 19.4 Å². The molecule has 0 aromatic rings. The molecule has 1 aliphatic rings. The van der Waals surface area contributed by atoms with Crippen molar-refractivity contribution >= 4 is 19.9 Å². The summed E-state index contributed by atoms with van der Waals surface area (Å²) in [5.74, 6) is 0.422. The Bertz CT molecular complexity index is 210. The van der Waals surface area contributed by atoms with Crippen LogP contribution in [0.15, 0.2) is 0 Å². The molecule has 15 heavy (non-hydrogen) atoms. The molecule has 0 bridgehead atoms. The second-order valence-corrected chi connectivity index (χ2v) is 5.25. The minimum atomic E-state index is -4.48. The van der Waals surface area contributed by atoms with Crippen molar-refractivity contribution in [2.45, 2.75) is 24.6 Å². The maximum absolute atomic E-state index is 9.45. The number of thioether (sulfide) groups is 1. The SMILES string of the molecule is CSCC1OC(O[P+](O)(O)O)C(O)C1O. The van der Waals surface area contributed by atoms with Crippen LogP contribution in [-0.4, -0.2) is 61.5 Å². The zero-order valence-corrected chi connectivity index (χ0v) is 9.64. The number of rotatable bonds is 4. The molecule has 4 unspecified atom stereocenters. The number of aliphatic hydroxyl groups excluding tert-OH is 2. The van der Waals surface area contributed by atoms with E-state index in [9.17, 15) is 10.2 Å². The molecule has 0 amide bonds. The summed E-state index contributed by atoms with van der Waals surface area (Å²) in [7, 11) is -4.48. The highest BCUT2D eigenvalue weighted by Gasteiger charge is 2.50. The van der Waals surface area contributed by atoms with Crippen LogP contribution in [0.25, 0.3) is 0 Å². The zero-order valence-electron chi connectivity index (χ0n) is 7.92. The lowest BCUT2D eigenvalue weighted by Gasteiger charge is -2.12. The van der Waals surface area contributed by atoms with Crippen molar-refractivity contribution in [2.24, 2.45) is 0 Å². The Kier molecular flexibility index (Phi) is 4.72. The van der Waals surface area contributed by atoms with Gasteiger partial charge in [-0.2, -0.15) is 26.4 Å². The molecule has 0 aromatic heterocycles. The molecule has 1 saturated heterocycles. The van der Waals surface area contributed by atoms with Crippen molar-refractivity contribution in [2.75, 3.05) is 12.0 Å². The number of hydrogen-bond donors (Lipinski definition) is 5. The quantitative estimate of drug-likeness (QED) is 0.386. The van der Waals surface area contributed by atoms with E-state index in [-0.39, 0.29) is 0 Å². The molecular formula is C6H14O7PS+. The fourth-order valence-corrected chi connectivity index (χ4v) is 2.30. The van der Waals surface area contributed by atoms with Gasteiger partial charge in [-0.1, -0.05) is 0 Å². The smallest absolute Gasteiger partial charge is 0.387 e. The van der Waals surface area contributed by atoms with Crippen LogP contribution in [0.1, 0.15) is 0 Å². The second kappa shape index (κ2) is 5.22. The van der Waals surface area contributed by atoms with E-state index in [1.807, 2.05) is 0 Å². The molecule has 9 heteroatoms. The monoisotopic (exact) mass is 261 g/mol. The van der Waals surface area contributed by atoms with Crippen LogP contribution in [0.5, 0.6) is 0 Å². The molecule has 0 radical (unpaired) electrons. The fraction of sp³-hybridized carbons (Fsp3) is 1.00. The molecule has 0 aromatic carbocycles. The van der Waals surface area contributed by atoms with E-state index in [2.05, 4.69) is 4.52 Å². The van der Waals surface area contributed by atoms with Gasteiger partial charge < -0.3 is 14.9 Å². The predicted molar refractivity (Wildman–Crippen MR) is 53.7 cm³/mol. The lowest BCUT2D eigenvalue weighted by molar-refractivity contribution is -0.122. The van der Waals surface area contributed by atoms with Gasteiger partial charge in [0.05, 0.1) is 6.10 Å². The summed E-state index contributed by atoms with van der Waals surface area (Å²) in [5, 5.41) is 18.8. The lowest BCUT2D eigenvalue weighted by atomic mass is 10.2. The molecule has 5 N–H and O–H groups in total.